The molecule has 0 atom stereocenters. The van der Waals surface area contributed by atoms with Crippen molar-refractivity contribution in [3.8, 4) is 5.75 Å². The molecule has 4 nitrogen and oxygen atoms in total. The Morgan fingerprint density at radius 3 is 2.55 bits per heavy atom. The highest BCUT2D eigenvalue weighted by molar-refractivity contribution is 7.92. The van der Waals surface area contributed by atoms with Gasteiger partial charge in [0.2, 0.25) is 0 Å². The minimum Gasteiger partial charge on any atom is -0.493 e. The zero-order valence-electron chi connectivity index (χ0n) is 11.5. The molecule has 0 amide bonds. The van der Waals surface area contributed by atoms with Crippen molar-refractivity contribution in [2.45, 2.75) is 17.7 Å². The van der Waals surface area contributed by atoms with Gasteiger partial charge in [-0.3, -0.25) is 4.72 Å². The first-order chi connectivity index (χ1) is 10.5. The van der Waals surface area contributed by atoms with Gasteiger partial charge >= 0.3 is 0 Å². The molecule has 0 fully saturated rings. The third kappa shape index (κ3) is 2.76. The maximum atomic E-state index is 13.6. The van der Waals surface area contributed by atoms with Crippen molar-refractivity contribution >= 4 is 15.7 Å². The van der Waals surface area contributed by atoms with E-state index in [-0.39, 0.29) is 4.90 Å². The monoisotopic (exact) mass is 325 g/mol. The van der Waals surface area contributed by atoms with Gasteiger partial charge < -0.3 is 4.74 Å². The van der Waals surface area contributed by atoms with Crippen molar-refractivity contribution in [3.05, 3.63) is 53.6 Å². The van der Waals surface area contributed by atoms with E-state index in [0.717, 1.165) is 24.1 Å². The highest BCUT2D eigenvalue weighted by atomic mass is 32.2. The van der Waals surface area contributed by atoms with Gasteiger partial charge in [-0.05, 0) is 48.7 Å². The van der Waals surface area contributed by atoms with Crippen molar-refractivity contribution in [1.29, 1.82) is 0 Å². The summed E-state index contributed by atoms with van der Waals surface area (Å²) in [5.41, 5.74) is 0.0830. The van der Waals surface area contributed by atoms with E-state index in [0.29, 0.717) is 18.8 Å². The van der Waals surface area contributed by atoms with Gasteiger partial charge in [-0.2, -0.15) is 0 Å². The van der Waals surface area contributed by atoms with Crippen molar-refractivity contribution in [3.63, 3.8) is 0 Å². The molecule has 0 saturated carbocycles. The Labute approximate surface area is 126 Å². The number of fused-ring (bicyclic) bond motifs is 1. The minimum absolute atomic E-state index is 0.0561. The fourth-order valence-electron chi connectivity index (χ4n) is 2.29. The Kier molecular flexibility index (Phi) is 3.74. The van der Waals surface area contributed by atoms with Crippen LogP contribution in [0.2, 0.25) is 0 Å². The van der Waals surface area contributed by atoms with E-state index in [9.17, 15) is 17.2 Å². The number of benzene rings is 2. The Morgan fingerprint density at radius 1 is 1.09 bits per heavy atom. The summed E-state index contributed by atoms with van der Waals surface area (Å²) in [5.74, 6) is -1.29. The van der Waals surface area contributed by atoms with E-state index in [2.05, 4.69) is 0 Å². The Hall–Kier alpha value is -2.15. The van der Waals surface area contributed by atoms with Crippen LogP contribution < -0.4 is 9.46 Å². The molecule has 0 radical (unpaired) electrons. The fourth-order valence-corrected chi connectivity index (χ4v) is 3.42. The van der Waals surface area contributed by atoms with Crippen LogP contribution in [0.25, 0.3) is 0 Å². The summed E-state index contributed by atoms with van der Waals surface area (Å²) in [6, 6.07) is 7.52. The molecule has 1 heterocycles. The molecule has 0 saturated heterocycles. The standard InChI is InChI=1S/C15H13F2NO3S/c16-12-4-1-5-13(17)15(12)18-22(19,20)11-6-7-14-10(9-11)3-2-8-21-14/h1,4-7,9,18H,2-3,8H2. The summed E-state index contributed by atoms with van der Waals surface area (Å²) in [6.45, 7) is 0.595. The van der Waals surface area contributed by atoms with E-state index in [1.807, 2.05) is 4.72 Å². The number of anilines is 1. The Morgan fingerprint density at radius 2 is 1.82 bits per heavy atom. The first kappa shape index (κ1) is 14.8. The Bertz CT molecular complexity index is 801. The molecule has 1 aliphatic heterocycles. The molecule has 22 heavy (non-hydrogen) atoms. The van der Waals surface area contributed by atoms with Gasteiger partial charge in [0.1, 0.15) is 23.1 Å². The largest absolute Gasteiger partial charge is 0.493 e. The van der Waals surface area contributed by atoms with Crippen LogP contribution in [0.4, 0.5) is 14.5 Å². The number of halogens is 2. The van der Waals surface area contributed by atoms with Crippen LogP contribution in [0.15, 0.2) is 41.3 Å². The van der Waals surface area contributed by atoms with Gasteiger partial charge in [-0.15, -0.1) is 0 Å². The van der Waals surface area contributed by atoms with Crippen LogP contribution in [-0.4, -0.2) is 15.0 Å². The summed E-state index contributed by atoms with van der Waals surface area (Å²) in [4.78, 5) is -0.0561. The normalized spacial score (nSPS) is 14.1. The third-order valence-electron chi connectivity index (χ3n) is 3.39. The van der Waals surface area contributed by atoms with Crippen LogP contribution in [0.3, 0.4) is 0 Å². The fraction of sp³-hybridized carbons (Fsp3) is 0.200. The first-order valence-electron chi connectivity index (χ1n) is 6.70. The first-order valence-corrected chi connectivity index (χ1v) is 8.18. The average molecular weight is 325 g/mol. The van der Waals surface area contributed by atoms with E-state index in [1.165, 1.54) is 18.2 Å². The highest BCUT2D eigenvalue weighted by Gasteiger charge is 2.21. The number of para-hydroxylation sites is 1. The van der Waals surface area contributed by atoms with Gasteiger partial charge in [0.05, 0.1) is 11.5 Å². The lowest BCUT2D eigenvalue weighted by Crippen LogP contribution is -2.16. The van der Waals surface area contributed by atoms with E-state index in [1.54, 1.807) is 6.07 Å². The molecular weight excluding hydrogens is 312 g/mol. The van der Waals surface area contributed by atoms with E-state index in [4.69, 9.17) is 4.74 Å². The molecular formula is C15H13F2NO3S. The number of rotatable bonds is 3. The number of ether oxygens (including phenoxy) is 1. The van der Waals surface area contributed by atoms with Crippen molar-refractivity contribution < 1.29 is 21.9 Å². The van der Waals surface area contributed by atoms with Gasteiger partial charge in [0.25, 0.3) is 10.0 Å². The van der Waals surface area contributed by atoms with Gasteiger partial charge in [-0.1, -0.05) is 6.07 Å². The number of hydrogen-bond acceptors (Lipinski definition) is 3. The molecule has 0 spiro atoms. The summed E-state index contributed by atoms with van der Waals surface area (Å²) in [5, 5.41) is 0. The molecule has 1 N–H and O–H groups in total. The Balaban J connectivity index is 1.96. The van der Waals surface area contributed by atoms with Gasteiger partial charge in [0, 0.05) is 0 Å². The summed E-state index contributed by atoms with van der Waals surface area (Å²) >= 11 is 0. The van der Waals surface area contributed by atoms with Crippen molar-refractivity contribution in [2.24, 2.45) is 0 Å². The molecule has 0 unspecified atom stereocenters. The second-order valence-electron chi connectivity index (χ2n) is 4.92. The predicted octanol–water partition coefficient (Wildman–Crippen LogP) is 3.09. The van der Waals surface area contributed by atoms with Crippen molar-refractivity contribution in [1.82, 2.24) is 0 Å². The molecule has 7 heteroatoms. The zero-order valence-corrected chi connectivity index (χ0v) is 12.3. The van der Waals surface area contributed by atoms with E-state index < -0.39 is 27.3 Å². The molecule has 3 rings (SSSR count). The number of aryl methyl sites for hydroxylation is 1. The minimum atomic E-state index is -4.08. The van der Waals surface area contributed by atoms with Crippen LogP contribution in [0, 0.1) is 11.6 Å². The van der Waals surface area contributed by atoms with E-state index >= 15 is 0 Å². The summed E-state index contributed by atoms with van der Waals surface area (Å²) < 4.78 is 59.2. The second kappa shape index (κ2) is 5.57. The van der Waals surface area contributed by atoms with Crippen LogP contribution in [0.5, 0.6) is 5.75 Å². The van der Waals surface area contributed by atoms with Crippen molar-refractivity contribution in [2.75, 3.05) is 11.3 Å². The van der Waals surface area contributed by atoms with Gasteiger partial charge in [-0.25, -0.2) is 17.2 Å². The smallest absolute Gasteiger partial charge is 0.262 e. The lowest BCUT2D eigenvalue weighted by atomic mass is 10.1. The lowest BCUT2D eigenvalue weighted by molar-refractivity contribution is 0.288. The number of hydrogen-bond donors (Lipinski definition) is 1. The SMILES string of the molecule is O=S(=O)(Nc1c(F)cccc1F)c1ccc2c(c1)CCCO2. The maximum Gasteiger partial charge on any atom is 0.262 e. The second-order valence-corrected chi connectivity index (χ2v) is 6.61. The zero-order chi connectivity index (χ0) is 15.7. The van der Waals surface area contributed by atoms with Crippen LogP contribution in [0.1, 0.15) is 12.0 Å². The number of nitrogens with one attached hydrogen (secondary N) is 1. The molecule has 2 aromatic carbocycles. The molecule has 2 aromatic rings. The molecule has 0 aromatic heterocycles. The lowest BCUT2D eigenvalue weighted by Gasteiger charge is -2.18. The maximum absolute atomic E-state index is 13.6. The highest BCUT2D eigenvalue weighted by Crippen LogP contribution is 2.29. The summed E-state index contributed by atoms with van der Waals surface area (Å²) in [7, 11) is -4.08. The predicted molar refractivity (Wildman–Crippen MR) is 77.4 cm³/mol. The number of sulfonamides is 1. The summed E-state index contributed by atoms with van der Waals surface area (Å²) in [6.07, 6.45) is 1.50. The third-order valence-corrected chi connectivity index (χ3v) is 4.74. The molecule has 0 aliphatic carbocycles. The van der Waals surface area contributed by atoms with Crippen LogP contribution >= 0.6 is 0 Å². The average Bonchev–Trinajstić information content (AvgIpc) is 2.50. The molecule has 1 aliphatic rings. The van der Waals surface area contributed by atoms with Crippen LogP contribution in [-0.2, 0) is 16.4 Å². The topological polar surface area (TPSA) is 55.4 Å². The van der Waals surface area contributed by atoms with Gasteiger partial charge in [0.15, 0.2) is 0 Å². The quantitative estimate of drug-likeness (QED) is 0.943. The molecule has 0 bridgehead atoms. The molecule has 116 valence electrons.